The average Bonchev–Trinajstić information content (AvgIpc) is 2.61. The van der Waals surface area contributed by atoms with Gasteiger partial charge in [-0.25, -0.2) is 0 Å². The molecule has 0 radical (unpaired) electrons. The fourth-order valence-electron chi connectivity index (χ4n) is 3.19. The van der Waals surface area contributed by atoms with E-state index in [0.29, 0.717) is 6.61 Å². The van der Waals surface area contributed by atoms with Crippen LogP contribution in [0.25, 0.3) is 21.5 Å². The highest BCUT2D eigenvalue weighted by Gasteiger charge is 2.06. The summed E-state index contributed by atoms with van der Waals surface area (Å²) >= 11 is 0. The highest BCUT2D eigenvalue weighted by molar-refractivity contribution is 6.00. The smallest absolute Gasteiger partial charge is 0.127 e. The van der Waals surface area contributed by atoms with Gasteiger partial charge in [-0.2, -0.15) is 0 Å². The van der Waals surface area contributed by atoms with Gasteiger partial charge in [0.15, 0.2) is 0 Å². The summed E-state index contributed by atoms with van der Waals surface area (Å²) in [5, 5.41) is 4.89. The Bertz CT molecular complexity index is 1030. The van der Waals surface area contributed by atoms with Gasteiger partial charge in [0, 0.05) is 5.39 Å². The number of aryl methyl sites for hydroxylation is 1. The van der Waals surface area contributed by atoms with Gasteiger partial charge in [0.25, 0.3) is 0 Å². The summed E-state index contributed by atoms with van der Waals surface area (Å²) in [6.07, 6.45) is 0. The Morgan fingerprint density at radius 2 is 1.42 bits per heavy atom. The minimum Gasteiger partial charge on any atom is -0.488 e. The molecule has 0 aliphatic heterocycles. The normalized spacial score (nSPS) is 11.1. The highest BCUT2D eigenvalue weighted by atomic mass is 16.5. The summed E-state index contributed by atoms with van der Waals surface area (Å²) in [5.74, 6) is 0.944. The van der Waals surface area contributed by atoms with Crippen molar-refractivity contribution in [2.24, 2.45) is 0 Å². The lowest BCUT2D eigenvalue weighted by Crippen LogP contribution is -1.99. The van der Waals surface area contributed by atoms with Crippen molar-refractivity contribution in [2.75, 3.05) is 0 Å². The van der Waals surface area contributed by atoms with Crippen molar-refractivity contribution in [1.82, 2.24) is 0 Å². The van der Waals surface area contributed by atoms with Crippen molar-refractivity contribution in [2.45, 2.75) is 20.5 Å². The second-order valence-corrected chi connectivity index (χ2v) is 6.32. The summed E-state index contributed by atoms with van der Waals surface area (Å²) in [7, 11) is 0. The lowest BCUT2D eigenvalue weighted by molar-refractivity contribution is 0.309. The molecule has 0 aliphatic rings. The van der Waals surface area contributed by atoms with Crippen LogP contribution in [-0.2, 0) is 6.61 Å². The van der Waals surface area contributed by atoms with Crippen LogP contribution in [0.2, 0.25) is 0 Å². The molecule has 0 N–H and O–H groups in total. The molecule has 0 aliphatic carbocycles. The van der Waals surface area contributed by atoms with Crippen LogP contribution in [0, 0.1) is 13.8 Å². The number of fused-ring (bicyclic) bond motifs is 2. The van der Waals surface area contributed by atoms with E-state index in [-0.39, 0.29) is 0 Å². The van der Waals surface area contributed by atoms with E-state index in [0.717, 1.165) is 5.75 Å². The number of hydrogen-bond donors (Lipinski definition) is 0. The van der Waals surface area contributed by atoms with Gasteiger partial charge in [0.1, 0.15) is 12.4 Å². The number of benzene rings is 4. The van der Waals surface area contributed by atoms with Crippen LogP contribution >= 0.6 is 0 Å². The SMILES string of the molecule is Cc1cccc(COc2cccc3cc4ccccc4cc23)c1C. The Hall–Kier alpha value is -2.80. The van der Waals surface area contributed by atoms with Gasteiger partial charge in [0.05, 0.1) is 0 Å². The van der Waals surface area contributed by atoms with E-state index in [1.807, 2.05) is 0 Å². The topological polar surface area (TPSA) is 9.23 Å². The third-order valence-corrected chi connectivity index (χ3v) is 4.81. The maximum Gasteiger partial charge on any atom is 0.127 e. The first kappa shape index (κ1) is 14.8. The minimum absolute atomic E-state index is 0.597. The van der Waals surface area contributed by atoms with Crippen molar-refractivity contribution >= 4 is 21.5 Å². The zero-order valence-electron chi connectivity index (χ0n) is 14.0. The summed E-state index contributed by atoms with van der Waals surface area (Å²) in [6, 6.07) is 25.6. The molecule has 0 unspecified atom stereocenters. The summed E-state index contributed by atoms with van der Waals surface area (Å²) in [5.41, 5.74) is 3.86. The fourth-order valence-corrected chi connectivity index (χ4v) is 3.19. The van der Waals surface area contributed by atoms with Crippen molar-refractivity contribution in [3.05, 3.63) is 89.5 Å². The Kier molecular flexibility index (Phi) is 3.70. The number of ether oxygens (including phenoxy) is 1. The molecular weight excluding hydrogens is 292 g/mol. The second-order valence-electron chi connectivity index (χ2n) is 6.32. The van der Waals surface area contributed by atoms with Crippen molar-refractivity contribution in [3.8, 4) is 5.75 Å². The first-order chi connectivity index (χ1) is 11.7. The Labute approximate surface area is 142 Å². The molecule has 0 saturated carbocycles. The molecule has 0 fully saturated rings. The van der Waals surface area contributed by atoms with Crippen LogP contribution in [0.15, 0.2) is 72.8 Å². The molecule has 1 heteroatoms. The van der Waals surface area contributed by atoms with Crippen molar-refractivity contribution in [1.29, 1.82) is 0 Å². The van der Waals surface area contributed by atoms with E-state index in [4.69, 9.17) is 4.74 Å². The van der Waals surface area contributed by atoms with E-state index >= 15 is 0 Å². The lowest BCUT2D eigenvalue weighted by atomic mass is 10.0. The molecule has 0 bridgehead atoms. The quantitative estimate of drug-likeness (QED) is 0.410. The van der Waals surface area contributed by atoms with Crippen LogP contribution in [0.1, 0.15) is 16.7 Å². The van der Waals surface area contributed by atoms with Crippen molar-refractivity contribution < 1.29 is 4.74 Å². The van der Waals surface area contributed by atoms with Gasteiger partial charge < -0.3 is 4.74 Å². The Morgan fingerprint density at radius 3 is 2.25 bits per heavy atom. The molecule has 0 heterocycles. The van der Waals surface area contributed by atoms with Crippen LogP contribution in [-0.4, -0.2) is 0 Å². The third-order valence-electron chi connectivity index (χ3n) is 4.81. The molecule has 0 amide bonds. The maximum atomic E-state index is 6.19. The first-order valence-corrected chi connectivity index (χ1v) is 8.32. The largest absolute Gasteiger partial charge is 0.488 e. The third kappa shape index (κ3) is 2.63. The summed E-state index contributed by atoms with van der Waals surface area (Å²) in [4.78, 5) is 0. The Balaban J connectivity index is 1.73. The molecule has 4 rings (SSSR count). The highest BCUT2D eigenvalue weighted by Crippen LogP contribution is 2.30. The van der Waals surface area contributed by atoms with Gasteiger partial charge in [-0.05, 0) is 64.9 Å². The zero-order valence-corrected chi connectivity index (χ0v) is 14.0. The summed E-state index contributed by atoms with van der Waals surface area (Å²) in [6.45, 7) is 4.90. The molecule has 118 valence electrons. The average molecular weight is 312 g/mol. The number of hydrogen-bond acceptors (Lipinski definition) is 1. The predicted molar refractivity (Wildman–Crippen MR) is 102 cm³/mol. The fraction of sp³-hybridized carbons (Fsp3) is 0.130. The molecular formula is C23H20O. The standard InChI is InChI=1S/C23H20O/c1-16-7-5-11-21(17(16)2)15-24-23-12-6-10-20-13-18-8-3-4-9-19(18)14-22(20)23/h3-14H,15H2,1-2H3. The van der Waals surface area contributed by atoms with Crippen LogP contribution < -0.4 is 4.74 Å². The lowest BCUT2D eigenvalue weighted by Gasteiger charge is -2.13. The Morgan fingerprint density at radius 1 is 0.708 bits per heavy atom. The van der Waals surface area contributed by atoms with E-state index < -0.39 is 0 Å². The van der Waals surface area contributed by atoms with Crippen LogP contribution in [0.4, 0.5) is 0 Å². The molecule has 0 spiro atoms. The second kappa shape index (κ2) is 6.01. The first-order valence-electron chi connectivity index (χ1n) is 8.32. The van der Waals surface area contributed by atoms with Crippen LogP contribution in [0.5, 0.6) is 5.75 Å². The summed E-state index contributed by atoms with van der Waals surface area (Å²) < 4.78 is 6.19. The van der Waals surface area contributed by atoms with Crippen LogP contribution in [0.3, 0.4) is 0 Å². The van der Waals surface area contributed by atoms with E-state index in [9.17, 15) is 0 Å². The van der Waals surface area contributed by atoms with Gasteiger partial charge in [0.2, 0.25) is 0 Å². The van der Waals surface area contributed by atoms with E-state index in [1.165, 1.54) is 38.2 Å². The minimum atomic E-state index is 0.597. The molecule has 4 aromatic rings. The molecule has 1 nitrogen and oxygen atoms in total. The molecule has 0 aromatic heterocycles. The van der Waals surface area contributed by atoms with Gasteiger partial charge in [-0.15, -0.1) is 0 Å². The molecule has 0 saturated heterocycles. The van der Waals surface area contributed by atoms with E-state index in [2.05, 4.69) is 86.6 Å². The molecule has 4 aromatic carbocycles. The maximum absolute atomic E-state index is 6.19. The van der Waals surface area contributed by atoms with Gasteiger partial charge >= 0.3 is 0 Å². The van der Waals surface area contributed by atoms with Gasteiger partial charge in [-0.3, -0.25) is 0 Å². The monoisotopic (exact) mass is 312 g/mol. The van der Waals surface area contributed by atoms with Crippen molar-refractivity contribution in [3.63, 3.8) is 0 Å². The number of rotatable bonds is 3. The molecule has 0 atom stereocenters. The van der Waals surface area contributed by atoms with Gasteiger partial charge in [-0.1, -0.05) is 54.6 Å². The predicted octanol–water partition coefficient (Wildman–Crippen LogP) is 6.19. The van der Waals surface area contributed by atoms with E-state index in [1.54, 1.807) is 0 Å². The molecule has 24 heavy (non-hydrogen) atoms. The zero-order chi connectivity index (χ0) is 16.5.